The van der Waals surface area contributed by atoms with Crippen molar-refractivity contribution in [3.8, 4) is 0 Å². The van der Waals surface area contributed by atoms with Gasteiger partial charge in [-0.15, -0.1) is 0 Å². The Morgan fingerprint density at radius 1 is 1.38 bits per heavy atom. The van der Waals surface area contributed by atoms with Crippen LogP contribution in [0, 0.1) is 0 Å². The van der Waals surface area contributed by atoms with Crippen molar-refractivity contribution in [2.45, 2.75) is 36.5 Å². The van der Waals surface area contributed by atoms with Crippen LogP contribution < -0.4 is 0 Å². The molecule has 0 fully saturated rings. The van der Waals surface area contributed by atoms with Crippen LogP contribution in [0.3, 0.4) is 0 Å². The summed E-state index contributed by atoms with van der Waals surface area (Å²) in [6.07, 6.45) is 0.489. The highest BCUT2D eigenvalue weighted by atomic mass is 35.6. The Bertz CT molecular complexity index is 265. The lowest BCUT2D eigenvalue weighted by Gasteiger charge is -2.30. The van der Waals surface area contributed by atoms with Crippen molar-refractivity contribution in [1.82, 2.24) is 4.90 Å². The molecule has 1 amide bonds. The fourth-order valence-corrected chi connectivity index (χ4v) is 1.45. The molecule has 0 aromatic heterocycles. The maximum atomic E-state index is 11.7. The van der Waals surface area contributed by atoms with Gasteiger partial charge in [-0.1, -0.05) is 41.7 Å². The van der Waals surface area contributed by atoms with Gasteiger partial charge in [0.2, 0.25) is 0 Å². The van der Waals surface area contributed by atoms with Crippen LogP contribution in [0.5, 0.6) is 0 Å². The molecule has 16 heavy (non-hydrogen) atoms. The van der Waals surface area contributed by atoms with Gasteiger partial charge in [-0.2, -0.15) is 0 Å². The Labute approximate surface area is 109 Å². The lowest BCUT2D eigenvalue weighted by molar-refractivity contribution is -0.139. The fourth-order valence-electron chi connectivity index (χ4n) is 1.12. The van der Waals surface area contributed by atoms with E-state index in [4.69, 9.17) is 39.9 Å². The zero-order valence-corrected chi connectivity index (χ0v) is 11.3. The third-order valence-corrected chi connectivity index (χ3v) is 2.68. The number of carbonyl (C=O) groups excluding carboxylic acids is 1. The van der Waals surface area contributed by atoms with Gasteiger partial charge in [0.1, 0.15) is 0 Å². The van der Waals surface area contributed by atoms with Crippen molar-refractivity contribution >= 4 is 46.7 Å². The van der Waals surface area contributed by atoms with Crippen LogP contribution >= 0.6 is 34.8 Å². The van der Waals surface area contributed by atoms with Crippen molar-refractivity contribution in [1.29, 1.82) is 0 Å². The third-order valence-electron chi connectivity index (χ3n) is 2.19. The van der Waals surface area contributed by atoms with Crippen LogP contribution in [0.15, 0.2) is 0 Å². The summed E-state index contributed by atoms with van der Waals surface area (Å²) in [7, 11) is 0. The summed E-state index contributed by atoms with van der Waals surface area (Å²) in [6, 6.07) is -0.164. The molecule has 0 radical (unpaired) electrons. The van der Waals surface area contributed by atoms with Gasteiger partial charge in [0.25, 0.3) is 9.70 Å². The minimum atomic E-state index is -2.04. The number of rotatable bonds is 5. The molecule has 0 aromatic carbocycles. The summed E-state index contributed by atoms with van der Waals surface area (Å²) in [4.78, 5) is 23.4. The van der Waals surface area contributed by atoms with Gasteiger partial charge in [0.15, 0.2) is 0 Å². The zero-order chi connectivity index (χ0) is 12.9. The molecule has 94 valence electrons. The number of carbonyl (C=O) groups is 2. The minimum Gasteiger partial charge on any atom is -0.481 e. The highest BCUT2D eigenvalue weighted by Gasteiger charge is 2.36. The average molecular weight is 291 g/mol. The molecule has 0 spiro atoms. The SMILES string of the molecule is CCC(C)N(CCC(=O)O)C(=O)C(Cl)(Cl)Cl. The van der Waals surface area contributed by atoms with Gasteiger partial charge < -0.3 is 10.0 Å². The molecule has 1 N–H and O–H groups in total. The second-order valence-electron chi connectivity index (χ2n) is 3.40. The molecular weight excluding hydrogens is 276 g/mol. The van der Waals surface area contributed by atoms with Crippen LogP contribution in [0.25, 0.3) is 0 Å². The number of hydrogen-bond acceptors (Lipinski definition) is 2. The molecule has 1 unspecified atom stereocenters. The first-order chi connectivity index (χ1) is 7.20. The number of aliphatic carboxylic acids is 1. The highest BCUT2D eigenvalue weighted by Crippen LogP contribution is 2.29. The van der Waals surface area contributed by atoms with E-state index in [2.05, 4.69) is 0 Å². The number of amides is 1. The topological polar surface area (TPSA) is 57.6 Å². The standard InChI is InChI=1S/C9H14Cl3NO3/c1-3-6(2)13(5-4-7(14)15)8(16)9(10,11)12/h6H,3-5H2,1-2H3,(H,14,15). The predicted octanol–water partition coefficient (Wildman–Crippen LogP) is 2.46. The summed E-state index contributed by atoms with van der Waals surface area (Å²) < 4.78 is -2.04. The molecule has 0 rings (SSSR count). The molecule has 0 saturated carbocycles. The fraction of sp³-hybridized carbons (Fsp3) is 0.778. The molecule has 0 aliphatic carbocycles. The lowest BCUT2D eigenvalue weighted by Crippen LogP contribution is -2.45. The van der Waals surface area contributed by atoms with Gasteiger partial charge in [-0.25, -0.2) is 0 Å². The lowest BCUT2D eigenvalue weighted by atomic mass is 10.2. The predicted molar refractivity (Wildman–Crippen MR) is 64.0 cm³/mol. The molecular formula is C9H14Cl3NO3. The Hall–Kier alpha value is -0.190. The number of nitrogens with zero attached hydrogens (tertiary/aromatic N) is 1. The van der Waals surface area contributed by atoms with Gasteiger partial charge in [0, 0.05) is 12.6 Å². The normalized spacial score (nSPS) is 13.3. The third kappa shape index (κ3) is 5.23. The Balaban J connectivity index is 4.67. The number of halogens is 3. The summed E-state index contributed by atoms with van der Waals surface area (Å²) >= 11 is 16.5. The van der Waals surface area contributed by atoms with E-state index >= 15 is 0 Å². The van der Waals surface area contributed by atoms with E-state index in [1.165, 1.54) is 4.90 Å². The van der Waals surface area contributed by atoms with Crippen LogP contribution in [-0.2, 0) is 9.59 Å². The van der Waals surface area contributed by atoms with Crippen molar-refractivity contribution in [3.63, 3.8) is 0 Å². The number of alkyl halides is 3. The first-order valence-corrected chi connectivity index (χ1v) is 5.93. The van der Waals surface area contributed by atoms with Gasteiger partial charge in [-0.3, -0.25) is 9.59 Å². The van der Waals surface area contributed by atoms with Gasteiger partial charge in [0.05, 0.1) is 6.42 Å². The number of hydrogen-bond donors (Lipinski definition) is 1. The van der Waals surface area contributed by atoms with Crippen molar-refractivity contribution < 1.29 is 14.7 Å². The summed E-state index contributed by atoms with van der Waals surface area (Å²) in [5.74, 6) is -1.68. The van der Waals surface area contributed by atoms with Crippen LogP contribution in [0.1, 0.15) is 26.7 Å². The molecule has 0 saturated heterocycles. The zero-order valence-electron chi connectivity index (χ0n) is 9.04. The van der Waals surface area contributed by atoms with E-state index in [0.29, 0.717) is 6.42 Å². The number of carboxylic acids is 1. The maximum absolute atomic E-state index is 11.7. The second kappa shape index (κ2) is 6.52. The van der Waals surface area contributed by atoms with Crippen molar-refractivity contribution in [2.24, 2.45) is 0 Å². The Morgan fingerprint density at radius 2 is 1.88 bits per heavy atom. The Kier molecular flexibility index (Phi) is 6.44. The average Bonchev–Trinajstić information content (AvgIpc) is 2.15. The summed E-state index contributed by atoms with van der Waals surface area (Å²) in [5.41, 5.74) is 0. The Morgan fingerprint density at radius 3 is 2.19 bits per heavy atom. The molecule has 0 heterocycles. The van der Waals surface area contributed by atoms with Crippen molar-refractivity contribution in [2.75, 3.05) is 6.54 Å². The molecule has 0 aliphatic rings. The second-order valence-corrected chi connectivity index (χ2v) is 5.68. The van der Waals surface area contributed by atoms with Crippen LogP contribution in [-0.4, -0.2) is 38.3 Å². The van der Waals surface area contributed by atoms with E-state index < -0.39 is 15.7 Å². The molecule has 7 heteroatoms. The molecule has 0 aliphatic heterocycles. The molecule has 0 bridgehead atoms. The first-order valence-electron chi connectivity index (χ1n) is 4.79. The monoisotopic (exact) mass is 289 g/mol. The van der Waals surface area contributed by atoms with Crippen molar-refractivity contribution in [3.05, 3.63) is 0 Å². The first kappa shape index (κ1) is 15.8. The number of carboxylic acid groups (broad SMARTS) is 1. The summed E-state index contributed by atoms with van der Waals surface area (Å²) in [6.45, 7) is 3.68. The van der Waals surface area contributed by atoms with E-state index in [9.17, 15) is 9.59 Å². The maximum Gasteiger partial charge on any atom is 0.305 e. The van der Waals surface area contributed by atoms with E-state index in [-0.39, 0.29) is 19.0 Å². The summed E-state index contributed by atoms with van der Waals surface area (Å²) in [5, 5.41) is 8.56. The van der Waals surface area contributed by atoms with Gasteiger partial charge >= 0.3 is 5.97 Å². The van der Waals surface area contributed by atoms with Crippen LogP contribution in [0.4, 0.5) is 0 Å². The minimum absolute atomic E-state index is 0.0388. The van der Waals surface area contributed by atoms with Gasteiger partial charge in [-0.05, 0) is 13.3 Å². The quantitative estimate of drug-likeness (QED) is 0.791. The van der Waals surface area contributed by atoms with E-state index in [1.807, 2.05) is 6.92 Å². The molecule has 4 nitrogen and oxygen atoms in total. The molecule has 1 atom stereocenters. The van der Waals surface area contributed by atoms with E-state index in [1.54, 1.807) is 6.92 Å². The molecule has 0 aromatic rings. The van der Waals surface area contributed by atoms with Crippen LogP contribution in [0.2, 0.25) is 0 Å². The highest BCUT2D eigenvalue weighted by molar-refractivity contribution is 6.76. The largest absolute Gasteiger partial charge is 0.481 e. The van der Waals surface area contributed by atoms with E-state index in [0.717, 1.165) is 0 Å². The smallest absolute Gasteiger partial charge is 0.305 e.